The molecule has 1 aliphatic rings. The van der Waals surface area contributed by atoms with Crippen LogP contribution in [0.5, 0.6) is 0 Å². The minimum Gasteiger partial charge on any atom is -0.478 e. The number of aryl methyl sites for hydroxylation is 2. The highest BCUT2D eigenvalue weighted by Crippen LogP contribution is 2.38. The molecule has 0 bridgehead atoms. The molecular weight excluding hydrogens is 370 g/mol. The molecule has 3 rings (SSSR count). The lowest BCUT2D eigenvalue weighted by Gasteiger charge is -2.30. The molecule has 0 saturated heterocycles. The summed E-state index contributed by atoms with van der Waals surface area (Å²) in [6.45, 7) is 2.03. The van der Waals surface area contributed by atoms with Crippen molar-refractivity contribution in [1.29, 1.82) is 0 Å². The van der Waals surface area contributed by atoms with E-state index in [1.165, 1.54) is 6.07 Å². The lowest BCUT2D eigenvalue weighted by molar-refractivity contribution is -0.384. The molecule has 1 aliphatic carbocycles. The number of rotatable bonds is 5. The number of aromatic nitrogens is 1. The van der Waals surface area contributed by atoms with Crippen molar-refractivity contribution >= 4 is 28.9 Å². The molecule has 1 N–H and O–H groups in total. The maximum atomic E-state index is 13.0. The van der Waals surface area contributed by atoms with E-state index in [2.05, 4.69) is 4.98 Å². The van der Waals surface area contributed by atoms with Crippen LogP contribution in [0.4, 0.5) is 5.69 Å². The molecule has 1 aromatic carbocycles. The highest BCUT2D eigenvalue weighted by Gasteiger charge is 2.31. The zero-order valence-corrected chi connectivity index (χ0v) is 15.8. The summed E-state index contributed by atoms with van der Waals surface area (Å²) in [5.74, 6) is -1.75. The van der Waals surface area contributed by atoms with Gasteiger partial charge >= 0.3 is 5.97 Å². The van der Waals surface area contributed by atoms with Crippen LogP contribution in [0.25, 0.3) is 0 Å². The third kappa shape index (κ3) is 3.68. The normalized spacial score (nSPS) is 15.9. The molecule has 1 heterocycles. The highest BCUT2D eigenvalue weighted by atomic mass is 32.1. The second-order valence-electron chi connectivity index (χ2n) is 6.43. The molecule has 27 heavy (non-hydrogen) atoms. The van der Waals surface area contributed by atoms with Crippen LogP contribution in [0.2, 0.25) is 0 Å². The first-order valence-electron chi connectivity index (χ1n) is 8.60. The van der Waals surface area contributed by atoms with Gasteiger partial charge in [-0.25, -0.2) is 9.78 Å². The summed E-state index contributed by atoms with van der Waals surface area (Å²) in [5, 5.41) is 21.3. The smallest absolute Gasteiger partial charge is 0.335 e. The first kappa shape index (κ1) is 19.0. The number of amides is 1. The number of hydrogen-bond donors (Lipinski definition) is 1. The first-order chi connectivity index (χ1) is 12.8. The maximum absolute atomic E-state index is 13.0. The van der Waals surface area contributed by atoms with Crippen LogP contribution in [0.15, 0.2) is 18.2 Å². The van der Waals surface area contributed by atoms with Crippen LogP contribution >= 0.6 is 11.3 Å². The van der Waals surface area contributed by atoms with Crippen LogP contribution in [0.3, 0.4) is 0 Å². The van der Waals surface area contributed by atoms with Gasteiger partial charge in [-0.3, -0.25) is 14.9 Å². The summed E-state index contributed by atoms with van der Waals surface area (Å²) in [6.07, 6.45) is 3.39. The van der Waals surface area contributed by atoms with Crippen molar-refractivity contribution < 1.29 is 19.6 Å². The molecule has 8 nitrogen and oxygen atoms in total. The fourth-order valence-electron chi connectivity index (χ4n) is 3.28. The van der Waals surface area contributed by atoms with E-state index in [1.807, 2.05) is 6.92 Å². The minimum atomic E-state index is -1.31. The van der Waals surface area contributed by atoms with Gasteiger partial charge in [0.2, 0.25) is 0 Å². The molecule has 0 saturated carbocycles. The molecule has 0 aliphatic heterocycles. The summed E-state index contributed by atoms with van der Waals surface area (Å²) in [6, 6.07) is 3.10. The van der Waals surface area contributed by atoms with E-state index in [-0.39, 0.29) is 17.2 Å². The van der Waals surface area contributed by atoms with E-state index >= 15 is 0 Å². The van der Waals surface area contributed by atoms with Crippen molar-refractivity contribution in [2.24, 2.45) is 0 Å². The van der Waals surface area contributed by atoms with Crippen molar-refractivity contribution in [2.45, 2.75) is 38.6 Å². The number of hydrogen-bond acceptors (Lipinski definition) is 6. The highest BCUT2D eigenvalue weighted by molar-refractivity contribution is 7.11. The van der Waals surface area contributed by atoms with Gasteiger partial charge in [0, 0.05) is 24.7 Å². The van der Waals surface area contributed by atoms with E-state index in [4.69, 9.17) is 0 Å². The number of carbonyl (C=O) groups excluding carboxylic acids is 1. The van der Waals surface area contributed by atoms with Gasteiger partial charge < -0.3 is 10.0 Å². The van der Waals surface area contributed by atoms with Crippen molar-refractivity contribution in [2.75, 3.05) is 7.05 Å². The first-order valence-corrected chi connectivity index (χ1v) is 9.41. The second-order valence-corrected chi connectivity index (χ2v) is 7.54. The van der Waals surface area contributed by atoms with Crippen LogP contribution in [0.1, 0.15) is 62.1 Å². The van der Waals surface area contributed by atoms with E-state index in [9.17, 15) is 24.8 Å². The Morgan fingerprint density at radius 1 is 1.37 bits per heavy atom. The molecule has 0 radical (unpaired) electrons. The number of nitro groups is 1. The zero-order valence-electron chi connectivity index (χ0n) is 15.0. The average molecular weight is 389 g/mol. The van der Waals surface area contributed by atoms with Gasteiger partial charge in [-0.2, -0.15) is 0 Å². The molecule has 1 amide bonds. The largest absolute Gasteiger partial charge is 0.478 e. The van der Waals surface area contributed by atoms with Gasteiger partial charge in [-0.1, -0.05) is 6.92 Å². The fourth-order valence-corrected chi connectivity index (χ4v) is 4.51. The fraction of sp³-hybridized carbons (Fsp3) is 0.389. The molecule has 1 unspecified atom stereocenters. The number of non-ortho nitro benzene ring substituents is 1. The van der Waals surface area contributed by atoms with Crippen LogP contribution < -0.4 is 0 Å². The molecule has 1 atom stereocenters. The number of carboxylic acid groups (broad SMARTS) is 1. The SMILES string of the molecule is CCc1nc2c(s1)C(N(C)C(=O)c1cc(C(=O)O)cc([N+](=O)[O-])c1)CCC2. The van der Waals surface area contributed by atoms with Crippen molar-refractivity contribution in [3.8, 4) is 0 Å². The summed E-state index contributed by atoms with van der Waals surface area (Å²) in [5.41, 5.74) is 0.313. The standard InChI is InChI=1S/C18H19N3O5S/c1-3-15-19-13-5-4-6-14(16(13)27-15)20(2)17(22)10-7-11(18(23)24)9-12(8-10)21(25)26/h7-9,14H,3-6H2,1-2H3,(H,23,24). The predicted octanol–water partition coefficient (Wildman–Crippen LogP) is 3.46. The lowest BCUT2D eigenvalue weighted by Crippen LogP contribution is -2.33. The third-order valence-electron chi connectivity index (χ3n) is 4.68. The Morgan fingerprint density at radius 3 is 2.70 bits per heavy atom. The Balaban J connectivity index is 1.96. The summed E-state index contributed by atoms with van der Waals surface area (Å²) >= 11 is 1.59. The van der Waals surface area contributed by atoms with E-state index in [0.29, 0.717) is 0 Å². The topological polar surface area (TPSA) is 114 Å². The number of fused-ring (bicyclic) bond motifs is 1. The Kier molecular flexibility index (Phi) is 5.22. The minimum absolute atomic E-state index is 0.00328. The van der Waals surface area contributed by atoms with E-state index in [1.54, 1.807) is 23.3 Å². The van der Waals surface area contributed by atoms with Crippen LogP contribution in [-0.4, -0.2) is 38.8 Å². The Morgan fingerprint density at radius 2 is 2.07 bits per heavy atom. The Labute approximate surface area is 159 Å². The zero-order chi connectivity index (χ0) is 19.7. The Bertz CT molecular complexity index is 891. The third-order valence-corrected chi connectivity index (χ3v) is 6.02. The molecule has 2 aromatic rings. The van der Waals surface area contributed by atoms with Gasteiger partial charge in [-0.05, 0) is 31.7 Å². The predicted molar refractivity (Wildman–Crippen MR) is 99.3 cm³/mol. The second kappa shape index (κ2) is 7.43. The molecule has 142 valence electrons. The molecule has 0 spiro atoms. The maximum Gasteiger partial charge on any atom is 0.335 e. The van der Waals surface area contributed by atoms with Gasteiger partial charge in [0.1, 0.15) is 0 Å². The number of carboxylic acids is 1. The number of benzene rings is 1. The van der Waals surface area contributed by atoms with Crippen LogP contribution in [-0.2, 0) is 12.8 Å². The molecule has 1 aromatic heterocycles. The van der Waals surface area contributed by atoms with Crippen molar-refractivity contribution in [3.05, 3.63) is 55.0 Å². The summed E-state index contributed by atoms with van der Waals surface area (Å²) in [4.78, 5) is 41.9. The number of carbonyl (C=O) groups is 2. The summed E-state index contributed by atoms with van der Waals surface area (Å²) < 4.78 is 0. The average Bonchev–Trinajstić information content (AvgIpc) is 3.09. The van der Waals surface area contributed by atoms with E-state index in [0.717, 1.165) is 53.4 Å². The van der Waals surface area contributed by atoms with Crippen LogP contribution in [0, 0.1) is 10.1 Å². The number of nitro benzene ring substituents is 1. The number of nitrogens with zero attached hydrogens (tertiary/aromatic N) is 3. The van der Waals surface area contributed by atoms with Gasteiger partial charge in [0.25, 0.3) is 11.6 Å². The number of thiazole rings is 1. The quantitative estimate of drug-likeness (QED) is 0.619. The number of aromatic carboxylic acids is 1. The van der Waals surface area contributed by atoms with Gasteiger partial charge in [-0.15, -0.1) is 11.3 Å². The monoisotopic (exact) mass is 389 g/mol. The Hall–Kier alpha value is -2.81. The van der Waals surface area contributed by atoms with Crippen molar-refractivity contribution in [1.82, 2.24) is 9.88 Å². The summed E-state index contributed by atoms with van der Waals surface area (Å²) in [7, 11) is 1.65. The van der Waals surface area contributed by atoms with Crippen molar-refractivity contribution in [3.63, 3.8) is 0 Å². The molecule has 0 fully saturated rings. The lowest BCUT2D eigenvalue weighted by atomic mass is 9.96. The molecule has 9 heteroatoms. The van der Waals surface area contributed by atoms with Gasteiger partial charge in [0.05, 0.1) is 32.1 Å². The molecular formula is C18H19N3O5S. The van der Waals surface area contributed by atoms with Gasteiger partial charge in [0.15, 0.2) is 0 Å². The van der Waals surface area contributed by atoms with E-state index < -0.39 is 22.5 Å².